The van der Waals surface area contributed by atoms with E-state index in [1.165, 1.54) is 238 Å². The SMILES string of the molecule is CCCCCCCCCCCCCCCCCCCCC(=O)O[C@H](COC(=O)CCCCCCCCCCCCCCCCCC(C)C)COC(=O)CCCCCCCCCCCCC(C)CC. The molecule has 0 saturated carbocycles. The van der Waals surface area contributed by atoms with Gasteiger partial charge in [-0.15, -0.1) is 0 Å². The lowest BCUT2D eigenvalue weighted by molar-refractivity contribution is -0.167. The maximum Gasteiger partial charge on any atom is 0.306 e. The van der Waals surface area contributed by atoms with Crippen molar-refractivity contribution >= 4 is 17.9 Å². The Kier molecular flexibility index (Phi) is 53.5. The van der Waals surface area contributed by atoms with Gasteiger partial charge in [-0.3, -0.25) is 14.4 Å². The highest BCUT2D eigenvalue weighted by Crippen LogP contribution is 2.19. The minimum absolute atomic E-state index is 0.0624. The van der Waals surface area contributed by atoms with E-state index in [1.807, 2.05) is 0 Å². The summed E-state index contributed by atoms with van der Waals surface area (Å²) < 4.78 is 16.9. The molecule has 0 aromatic rings. The largest absolute Gasteiger partial charge is 0.462 e. The van der Waals surface area contributed by atoms with Crippen molar-refractivity contribution in [3.8, 4) is 0 Å². The molecule has 0 radical (unpaired) electrons. The molecule has 0 fully saturated rings. The Morgan fingerprint density at radius 1 is 0.309 bits per heavy atom. The van der Waals surface area contributed by atoms with E-state index in [-0.39, 0.29) is 31.1 Å². The van der Waals surface area contributed by atoms with Crippen molar-refractivity contribution in [2.24, 2.45) is 11.8 Å². The van der Waals surface area contributed by atoms with E-state index in [0.29, 0.717) is 19.3 Å². The fraction of sp³-hybridized carbons (Fsp3) is 0.952. The highest BCUT2D eigenvalue weighted by atomic mass is 16.6. The van der Waals surface area contributed by atoms with Crippen LogP contribution in [0.4, 0.5) is 0 Å². The van der Waals surface area contributed by atoms with Crippen LogP contribution >= 0.6 is 0 Å². The van der Waals surface area contributed by atoms with Crippen LogP contribution in [0.2, 0.25) is 0 Å². The zero-order valence-electron chi connectivity index (χ0n) is 46.7. The minimum Gasteiger partial charge on any atom is -0.462 e. The predicted octanol–water partition coefficient (Wildman–Crippen LogP) is 20.4. The summed E-state index contributed by atoms with van der Waals surface area (Å²) in [7, 11) is 0. The van der Waals surface area contributed by atoms with Crippen LogP contribution in [0.5, 0.6) is 0 Å². The number of hydrogen-bond donors (Lipinski definition) is 0. The molecule has 6 heteroatoms. The van der Waals surface area contributed by atoms with Gasteiger partial charge in [-0.25, -0.2) is 0 Å². The molecule has 0 amide bonds. The molecule has 68 heavy (non-hydrogen) atoms. The fourth-order valence-electron chi connectivity index (χ4n) is 9.55. The summed E-state index contributed by atoms with van der Waals surface area (Å²) in [5.74, 6) is 0.884. The van der Waals surface area contributed by atoms with Crippen LogP contribution in [0.3, 0.4) is 0 Å². The molecule has 0 aromatic carbocycles. The molecule has 404 valence electrons. The first-order valence-electron chi connectivity index (χ1n) is 30.8. The summed E-state index contributed by atoms with van der Waals surface area (Å²) in [6.45, 7) is 11.5. The van der Waals surface area contributed by atoms with E-state index >= 15 is 0 Å². The normalized spacial score (nSPS) is 12.4. The Morgan fingerprint density at radius 3 is 0.838 bits per heavy atom. The van der Waals surface area contributed by atoms with Crippen molar-refractivity contribution in [2.75, 3.05) is 13.2 Å². The summed E-state index contributed by atoms with van der Waals surface area (Å²) in [4.78, 5) is 38.2. The van der Waals surface area contributed by atoms with Gasteiger partial charge in [-0.1, -0.05) is 311 Å². The van der Waals surface area contributed by atoms with Crippen molar-refractivity contribution in [3.63, 3.8) is 0 Å². The first-order chi connectivity index (χ1) is 33.3. The average molecular weight is 962 g/mol. The maximum absolute atomic E-state index is 12.9. The molecule has 0 aromatic heterocycles. The molecule has 0 rings (SSSR count). The summed E-state index contributed by atoms with van der Waals surface area (Å²) in [6.07, 6.45) is 59.5. The maximum atomic E-state index is 12.9. The highest BCUT2D eigenvalue weighted by molar-refractivity contribution is 5.71. The van der Waals surface area contributed by atoms with Crippen LogP contribution < -0.4 is 0 Å². The molecule has 0 bridgehead atoms. The van der Waals surface area contributed by atoms with Crippen molar-refractivity contribution in [1.29, 1.82) is 0 Å². The van der Waals surface area contributed by atoms with Gasteiger partial charge >= 0.3 is 17.9 Å². The molecule has 0 heterocycles. The molecule has 6 nitrogen and oxygen atoms in total. The molecule has 0 spiro atoms. The lowest BCUT2D eigenvalue weighted by atomic mass is 9.99. The molecule has 1 unspecified atom stereocenters. The van der Waals surface area contributed by atoms with Gasteiger partial charge in [0.05, 0.1) is 0 Å². The lowest BCUT2D eigenvalue weighted by Gasteiger charge is -2.18. The topological polar surface area (TPSA) is 78.9 Å². The van der Waals surface area contributed by atoms with Gasteiger partial charge in [0.15, 0.2) is 6.10 Å². The third kappa shape index (κ3) is 53.8. The molecule has 0 aliphatic rings. The van der Waals surface area contributed by atoms with Gasteiger partial charge in [-0.05, 0) is 31.1 Å². The van der Waals surface area contributed by atoms with E-state index in [2.05, 4.69) is 34.6 Å². The van der Waals surface area contributed by atoms with Crippen LogP contribution in [-0.4, -0.2) is 37.2 Å². The number of hydrogen-bond acceptors (Lipinski definition) is 6. The van der Waals surface area contributed by atoms with Crippen LogP contribution in [-0.2, 0) is 28.6 Å². The first-order valence-corrected chi connectivity index (χ1v) is 30.8. The summed E-state index contributed by atoms with van der Waals surface area (Å²) >= 11 is 0. The van der Waals surface area contributed by atoms with Crippen molar-refractivity contribution in [2.45, 2.75) is 355 Å². The van der Waals surface area contributed by atoms with Crippen LogP contribution in [0, 0.1) is 11.8 Å². The van der Waals surface area contributed by atoms with Gasteiger partial charge in [0.2, 0.25) is 0 Å². The number of carbonyl (C=O) groups is 3. The molecule has 0 aliphatic heterocycles. The van der Waals surface area contributed by atoms with E-state index in [0.717, 1.165) is 69.6 Å². The summed E-state index contributed by atoms with van der Waals surface area (Å²) in [5.41, 5.74) is 0. The van der Waals surface area contributed by atoms with E-state index in [9.17, 15) is 14.4 Å². The summed E-state index contributed by atoms with van der Waals surface area (Å²) in [6, 6.07) is 0. The lowest BCUT2D eigenvalue weighted by Crippen LogP contribution is -2.30. The zero-order chi connectivity index (χ0) is 49.6. The number of unbranched alkanes of at least 4 members (excludes halogenated alkanes) is 40. The van der Waals surface area contributed by atoms with E-state index in [1.54, 1.807) is 0 Å². The first kappa shape index (κ1) is 66.4. The second-order valence-corrected chi connectivity index (χ2v) is 22.1. The van der Waals surface area contributed by atoms with Gasteiger partial charge < -0.3 is 14.2 Å². The van der Waals surface area contributed by atoms with Crippen LogP contribution in [0.25, 0.3) is 0 Å². The van der Waals surface area contributed by atoms with Gasteiger partial charge in [0.25, 0.3) is 0 Å². The van der Waals surface area contributed by atoms with Crippen molar-refractivity contribution < 1.29 is 28.6 Å². The number of carbonyl (C=O) groups excluding carboxylic acids is 3. The number of ether oxygens (including phenoxy) is 3. The second kappa shape index (κ2) is 54.7. The standard InChI is InChI=1S/C62H120O6/c1-6-8-9-10-11-12-13-14-15-16-17-20-24-27-34-39-44-49-54-62(65)68-59(56-67-61(64)53-48-43-38-33-29-28-31-36-41-46-51-58(5)7-2)55-66-60(63)52-47-42-37-32-26-23-21-18-19-22-25-30-35-40-45-50-57(3)4/h57-59H,6-56H2,1-5H3/t58?,59-/m1/s1. The van der Waals surface area contributed by atoms with Crippen LogP contribution in [0.15, 0.2) is 0 Å². The number of esters is 3. The van der Waals surface area contributed by atoms with Gasteiger partial charge in [0, 0.05) is 19.3 Å². The predicted molar refractivity (Wildman–Crippen MR) is 293 cm³/mol. The molecule has 2 atom stereocenters. The van der Waals surface area contributed by atoms with Gasteiger partial charge in [0.1, 0.15) is 13.2 Å². The van der Waals surface area contributed by atoms with Crippen LogP contribution in [0.1, 0.15) is 349 Å². The molecular formula is C62H120O6. The van der Waals surface area contributed by atoms with E-state index < -0.39 is 6.10 Å². The smallest absolute Gasteiger partial charge is 0.306 e. The highest BCUT2D eigenvalue weighted by Gasteiger charge is 2.19. The Morgan fingerprint density at radius 2 is 0.559 bits per heavy atom. The Bertz CT molecular complexity index is 1040. The fourth-order valence-corrected chi connectivity index (χ4v) is 9.55. The zero-order valence-corrected chi connectivity index (χ0v) is 46.7. The van der Waals surface area contributed by atoms with Crippen molar-refractivity contribution in [1.82, 2.24) is 0 Å². The molecular weight excluding hydrogens is 841 g/mol. The monoisotopic (exact) mass is 961 g/mol. The van der Waals surface area contributed by atoms with Gasteiger partial charge in [-0.2, -0.15) is 0 Å². The molecule has 0 saturated heterocycles. The second-order valence-electron chi connectivity index (χ2n) is 22.1. The molecule has 0 N–H and O–H groups in total. The summed E-state index contributed by atoms with van der Waals surface area (Å²) in [5, 5.41) is 0. The Labute approximate surface area is 425 Å². The average Bonchev–Trinajstić information content (AvgIpc) is 3.32. The third-order valence-corrected chi connectivity index (χ3v) is 14.6. The van der Waals surface area contributed by atoms with E-state index in [4.69, 9.17) is 14.2 Å². The third-order valence-electron chi connectivity index (χ3n) is 14.6. The Balaban J connectivity index is 4.29. The quantitative estimate of drug-likeness (QED) is 0.0343. The molecule has 0 aliphatic carbocycles. The number of rotatable bonds is 56. The minimum atomic E-state index is -0.763. The Hall–Kier alpha value is -1.59. The van der Waals surface area contributed by atoms with Crippen molar-refractivity contribution in [3.05, 3.63) is 0 Å².